The molecule has 92 heavy (non-hydrogen) atoms. The number of β-lactam (4-membered cyclic amide) rings is 2. The van der Waals surface area contributed by atoms with Crippen LogP contribution in [0.15, 0.2) is 66.5 Å². The molecule has 29 nitrogen and oxygen atoms in total. The van der Waals surface area contributed by atoms with Gasteiger partial charge in [-0.2, -0.15) is 0 Å². The number of urea groups is 1. The largest absolute Gasteiger partial charge is 1.00 e. The second-order valence-electron chi connectivity index (χ2n) is 24.7. The summed E-state index contributed by atoms with van der Waals surface area (Å²) in [7, 11) is -9.26. The fourth-order valence-corrected chi connectivity index (χ4v) is 19.2. The normalized spacial score (nSPS) is 34.3. The third kappa shape index (κ3) is 13.4. The van der Waals surface area contributed by atoms with Gasteiger partial charge >= 0.3 is 136 Å². The van der Waals surface area contributed by atoms with Crippen LogP contribution in [0.25, 0.3) is 0 Å². The number of thioether (sulfide) groups is 1. The van der Waals surface area contributed by atoms with Crippen molar-refractivity contribution >= 4 is 88.5 Å². The summed E-state index contributed by atoms with van der Waals surface area (Å²) in [6.45, 7) is 10.5. The number of aliphatic carboxylic acids is 2. The van der Waals surface area contributed by atoms with Crippen molar-refractivity contribution in [3.8, 4) is 0 Å². The average molecular weight is 1380 g/mol. The first kappa shape index (κ1) is 79.9. The molecule has 5 saturated heterocycles. The minimum atomic E-state index is -5.43. The number of allylic oxidation sites excluding steroid dienone is 4. The third-order valence-electron chi connectivity index (χ3n) is 19.5. The van der Waals surface area contributed by atoms with Crippen molar-refractivity contribution < 1.29 is 218 Å². The van der Waals surface area contributed by atoms with Crippen molar-refractivity contribution in [3.05, 3.63) is 72.1 Å². The Balaban J connectivity index is 0.000000254. The number of benzene rings is 1. The fraction of sp³-hybridized carbons (Fsp3) is 0.600. The number of aliphatic hydroxyl groups is 2. The van der Waals surface area contributed by atoms with Crippen molar-refractivity contribution in [2.24, 2.45) is 28.6 Å². The van der Waals surface area contributed by atoms with Gasteiger partial charge in [0, 0.05) is 47.3 Å². The van der Waals surface area contributed by atoms with Gasteiger partial charge in [-0.05, 0) is 89.9 Å². The third-order valence-corrected chi connectivity index (χ3v) is 24.3. The van der Waals surface area contributed by atoms with Gasteiger partial charge in [0.15, 0.2) is 27.1 Å². The van der Waals surface area contributed by atoms with Crippen LogP contribution in [0.5, 0.6) is 0 Å². The number of hydrogen-bond donors (Lipinski definition) is 4. The zero-order valence-corrected chi connectivity index (χ0v) is 63.2. The number of aromatic nitrogens is 3. The molecule has 1 aromatic heterocycles. The first-order chi connectivity index (χ1) is 40.9. The summed E-state index contributed by atoms with van der Waals surface area (Å²) in [5, 5.41) is 56.4. The summed E-state index contributed by atoms with van der Waals surface area (Å²) in [6.07, 6.45) is 6.15. The number of nitrogens with zero attached hydrogens (tertiary/aromatic N) is 7. The predicted octanol–water partition coefficient (Wildman–Crippen LogP) is -15.7. The molecule has 9 aliphatic rings. The molecule has 6 heterocycles. The van der Waals surface area contributed by atoms with Crippen molar-refractivity contribution in [3.63, 3.8) is 0 Å². The van der Waals surface area contributed by atoms with Gasteiger partial charge in [0.25, 0.3) is 0 Å². The van der Waals surface area contributed by atoms with Crippen LogP contribution in [0.2, 0.25) is 0 Å². The topological polar surface area (TPSA) is 432 Å². The molecule has 5 aliphatic heterocycles. The van der Waals surface area contributed by atoms with E-state index >= 15 is 4.39 Å². The van der Waals surface area contributed by atoms with Gasteiger partial charge in [0.1, 0.15) is 39.8 Å². The van der Waals surface area contributed by atoms with Crippen LogP contribution in [0.3, 0.4) is 0 Å². The summed E-state index contributed by atoms with van der Waals surface area (Å²) in [6, 6.07) is 2.40. The van der Waals surface area contributed by atoms with E-state index < -0.39 is 168 Å². The molecule has 0 bridgehead atoms. The Morgan fingerprint density at radius 2 is 1.55 bits per heavy atom. The number of hydrogen-bond acceptors (Lipinski definition) is 23. The SMILES string of the molecule is CCN1CCN(C(=O)N[C@@H](C(=O)N[C@@H]2C(=O)N3[C@@H]2SC(C)(C)[C@@H]3C(=O)[O-])c2ccccc2)C(=O)C1=O.C[C@@H]1C[C@H]2[C@@H]3CCC4=CC(=O)C=C[C@]4(C)[C@@]3(F)[C@@H](O)C[C@]2(C)[C@@]1(O)C(=O)COP(=O)([O-])[O-].C[C@]1(Cn2ccnn2)[C@H](C(=O)[O-])N2C(=O)C[C@H]2S1(=O)=O.[Na+].[Na+].[Na+].[Na+]. The molecule has 15 atom stereocenters. The van der Waals surface area contributed by atoms with Crippen LogP contribution in [0.1, 0.15) is 92.2 Å². The minimum Gasteiger partial charge on any atom is -0.790 e. The number of carboxylic acids is 2. The number of carbonyl (C=O) groups excluding carboxylic acids is 10. The maximum Gasteiger partial charge on any atom is 1.00 e. The molecule has 11 rings (SSSR count). The van der Waals surface area contributed by atoms with E-state index in [4.69, 9.17) is 0 Å². The maximum atomic E-state index is 17.0. The number of amides is 7. The Labute approximate surface area is 621 Å². The van der Waals surface area contributed by atoms with Crippen molar-refractivity contribution in [1.82, 2.24) is 45.2 Å². The van der Waals surface area contributed by atoms with E-state index in [2.05, 4.69) is 25.5 Å². The Kier molecular flexibility index (Phi) is 25.1. The molecular formula is C55H65FN9Na4O20PS2. The number of nitrogens with one attached hydrogen (secondary N) is 2. The second-order valence-corrected chi connectivity index (χ2v) is 30.1. The molecule has 478 valence electrons. The zero-order chi connectivity index (χ0) is 65.0. The molecule has 0 spiro atoms. The number of aliphatic hydroxyl groups excluding tert-OH is 1. The van der Waals surface area contributed by atoms with E-state index in [0.29, 0.717) is 30.5 Å². The Morgan fingerprint density at radius 3 is 2.12 bits per heavy atom. The Morgan fingerprint density at radius 1 is 0.924 bits per heavy atom. The molecule has 2 aromatic rings. The molecular weight excluding hydrogens is 1310 g/mol. The molecule has 3 saturated carbocycles. The van der Waals surface area contributed by atoms with Crippen LogP contribution in [0.4, 0.5) is 9.18 Å². The molecule has 0 radical (unpaired) electrons. The second kappa shape index (κ2) is 29.0. The van der Waals surface area contributed by atoms with Crippen molar-refractivity contribution in [2.45, 2.75) is 149 Å². The number of likely N-dealkylation sites (N-methyl/N-ethyl adjacent to an activating group) is 1. The van der Waals surface area contributed by atoms with E-state index in [9.17, 15) is 91.1 Å². The van der Waals surface area contributed by atoms with E-state index in [1.54, 1.807) is 71.9 Å². The summed E-state index contributed by atoms with van der Waals surface area (Å²) in [5.41, 5.74) is -5.63. The van der Waals surface area contributed by atoms with Crippen LogP contribution in [-0.2, 0) is 68.6 Å². The maximum absolute atomic E-state index is 17.0. The van der Waals surface area contributed by atoms with Gasteiger partial charge in [0.05, 0.1) is 57.1 Å². The first-order valence-electron chi connectivity index (χ1n) is 28.2. The number of carboxylic acid groups (broad SMARTS) is 2. The molecule has 8 fully saturated rings. The van der Waals surface area contributed by atoms with E-state index in [1.165, 1.54) is 63.8 Å². The smallest absolute Gasteiger partial charge is 0.790 e. The van der Waals surface area contributed by atoms with Crippen molar-refractivity contribution in [1.29, 1.82) is 0 Å². The van der Waals surface area contributed by atoms with Gasteiger partial charge in [-0.25, -0.2) is 17.6 Å². The number of phosphoric ester groups is 1. The van der Waals surface area contributed by atoms with Gasteiger partial charge in [-0.1, -0.05) is 61.0 Å². The van der Waals surface area contributed by atoms with Gasteiger partial charge in [0.2, 0.25) is 17.7 Å². The average Bonchev–Trinajstić information content (AvgIpc) is 1.48. The molecule has 4 N–H and O–H groups in total. The first-order valence-corrected chi connectivity index (χ1v) is 32.1. The summed E-state index contributed by atoms with van der Waals surface area (Å²) in [5.74, 6) is -9.56. The summed E-state index contributed by atoms with van der Waals surface area (Å²) >= 11 is 1.24. The number of halogens is 1. The van der Waals surface area contributed by atoms with Crippen LogP contribution in [-0.4, -0.2) is 194 Å². The van der Waals surface area contributed by atoms with E-state index in [-0.39, 0.29) is 163 Å². The number of piperazine rings is 1. The van der Waals surface area contributed by atoms with E-state index in [0.717, 1.165) is 9.80 Å². The van der Waals surface area contributed by atoms with Gasteiger partial charge in [-0.3, -0.25) is 43.1 Å². The Hall–Kier alpha value is -2.80. The fourth-order valence-electron chi connectivity index (χ4n) is 15.0. The minimum absolute atomic E-state index is 0. The molecule has 1 aromatic carbocycles. The summed E-state index contributed by atoms with van der Waals surface area (Å²) < 4.78 is 55.8. The molecule has 0 unspecified atom stereocenters. The van der Waals surface area contributed by atoms with Crippen molar-refractivity contribution in [2.75, 3.05) is 26.2 Å². The quantitative estimate of drug-likeness (QED) is 0.0626. The number of ketones is 2. The number of fused-ring (bicyclic) bond motifs is 7. The number of imide groups is 1. The molecule has 7 amide bonds. The monoisotopic (exact) mass is 1380 g/mol. The van der Waals surface area contributed by atoms with Gasteiger partial charge < -0.3 is 74.2 Å². The Bertz CT molecular complexity index is 3520. The van der Waals surface area contributed by atoms with Crippen LogP contribution >= 0.6 is 19.6 Å². The molecule has 4 aliphatic carbocycles. The van der Waals surface area contributed by atoms with E-state index in [1.807, 2.05) is 0 Å². The summed E-state index contributed by atoms with van der Waals surface area (Å²) in [4.78, 5) is 149. The number of Topliss-reactive ketones (excluding diaryl/α,β-unsaturated/α-hetero) is 1. The standard InChI is InChI=1S/C23H27N5O7S.C22H30FO8P.C10H12N4O5S.4Na/c1-4-26-10-11-27(19(32)18(26)31)22(35)25-13(12-8-6-5-7-9-12)16(29)24-14-17(30)28-15(21(33)34)23(2,3)36-20(14)28;1-12-8-16-15-5-4-13-9-14(24)6-7-19(13,2)21(15,23)17(25)10-20(16,3)22(12,27)18(26)11-31-32(28,29)30;1-10(5-13-3-2-11-12-13)8(9(16)17)14-6(15)4-7(14)20(10,18)19;;;;/h5-9,13-15,20H,4,10-11H2,1-3H3,(H,24,29)(H,25,35)(H,33,34);6-7,9,12,15-17,25,27H,4-5,8,10-11H2,1-3H3,(H2,28,29,30);2-3,7-8H,4-5H2,1H3,(H,16,17);;;;/q;;;4*+1/p-4/t13-,14-,15+,20-;12-,15+,16+,17+,19+,20+,21+,22+;7-,8+,10+;;;;/m111..../s1. The predicted molar refractivity (Wildman–Crippen MR) is 293 cm³/mol. The number of carbonyl (C=O) groups is 10. The molecule has 37 heteroatoms. The van der Waals surface area contributed by atoms with Crippen LogP contribution in [0, 0.1) is 28.6 Å². The number of alkyl halides is 1. The van der Waals surface area contributed by atoms with Gasteiger partial charge in [-0.15, -0.1) is 16.9 Å². The number of sulfone groups is 1. The number of rotatable bonds is 13. The zero-order valence-electron chi connectivity index (χ0n) is 52.6. The van der Waals surface area contributed by atoms with Crippen LogP contribution < -0.4 is 149 Å². The number of phosphoric acid groups is 1.